The highest BCUT2D eigenvalue weighted by atomic mass is 32.2. The number of rotatable bonds is 8. The molecule has 2 aromatic carbocycles. The maximum atomic E-state index is 12.5. The van der Waals surface area contributed by atoms with Crippen LogP contribution in [0.1, 0.15) is 13.8 Å². The SMILES string of the molecule is CCN(CC)c1ccc(-c2nnc(SCC(=O)Nc3cccc4nsnc34)n2C)cc1. The number of nitrogens with one attached hydrogen (secondary N) is 1. The molecule has 0 saturated heterocycles. The first-order valence-electron chi connectivity index (χ1n) is 9.99. The number of anilines is 2. The highest BCUT2D eigenvalue weighted by Crippen LogP contribution is 2.26. The monoisotopic (exact) mass is 453 g/mol. The topological polar surface area (TPSA) is 88.8 Å². The molecule has 0 atom stereocenters. The predicted molar refractivity (Wildman–Crippen MR) is 127 cm³/mol. The van der Waals surface area contributed by atoms with Crippen molar-refractivity contribution in [3.05, 3.63) is 42.5 Å². The standard InChI is InChI=1S/C21H23N7OS2/c1-4-28(5-2)15-11-9-14(10-12-15)20-23-24-21(27(20)3)30-13-18(29)22-16-7-6-8-17-19(16)26-31-25-17/h6-12H,4-5,13H2,1-3H3,(H,22,29). The van der Waals surface area contributed by atoms with E-state index in [1.54, 1.807) is 0 Å². The molecule has 8 nitrogen and oxygen atoms in total. The zero-order chi connectivity index (χ0) is 21.8. The van der Waals surface area contributed by atoms with E-state index in [2.05, 4.69) is 67.3 Å². The average Bonchev–Trinajstić information content (AvgIpc) is 3.41. The van der Waals surface area contributed by atoms with E-state index in [1.165, 1.54) is 17.4 Å². The van der Waals surface area contributed by atoms with Crippen molar-refractivity contribution >= 4 is 51.8 Å². The van der Waals surface area contributed by atoms with Crippen LogP contribution in [0.25, 0.3) is 22.4 Å². The van der Waals surface area contributed by atoms with Crippen molar-refractivity contribution in [3.8, 4) is 11.4 Å². The van der Waals surface area contributed by atoms with E-state index in [0.717, 1.165) is 41.7 Å². The molecule has 4 aromatic rings. The molecule has 0 bridgehead atoms. The van der Waals surface area contributed by atoms with Gasteiger partial charge in [-0.3, -0.25) is 4.79 Å². The third-order valence-corrected chi connectivity index (χ3v) is 6.54. The van der Waals surface area contributed by atoms with Crippen molar-refractivity contribution in [2.75, 3.05) is 29.1 Å². The third kappa shape index (κ3) is 4.54. The molecule has 0 aliphatic carbocycles. The van der Waals surface area contributed by atoms with Gasteiger partial charge in [-0.2, -0.15) is 8.75 Å². The van der Waals surface area contributed by atoms with Crippen LogP contribution >= 0.6 is 23.5 Å². The van der Waals surface area contributed by atoms with Crippen LogP contribution in [-0.2, 0) is 11.8 Å². The smallest absolute Gasteiger partial charge is 0.234 e. The molecule has 4 rings (SSSR count). The average molecular weight is 454 g/mol. The summed E-state index contributed by atoms with van der Waals surface area (Å²) in [6.45, 7) is 6.23. The van der Waals surface area contributed by atoms with Crippen LogP contribution in [-0.4, -0.2) is 48.3 Å². The molecule has 0 saturated carbocycles. The van der Waals surface area contributed by atoms with Crippen LogP contribution in [0.4, 0.5) is 11.4 Å². The summed E-state index contributed by atoms with van der Waals surface area (Å²) in [5.41, 5.74) is 4.33. The van der Waals surface area contributed by atoms with Crippen LogP contribution in [0.15, 0.2) is 47.6 Å². The van der Waals surface area contributed by atoms with Crippen molar-refractivity contribution in [2.45, 2.75) is 19.0 Å². The van der Waals surface area contributed by atoms with E-state index < -0.39 is 0 Å². The number of benzene rings is 2. The Labute approximate surface area is 189 Å². The van der Waals surface area contributed by atoms with E-state index >= 15 is 0 Å². The summed E-state index contributed by atoms with van der Waals surface area (Å²) < 4.78 is 10.4. The number of fused-ring (bicyclic) bond motifs is 1. The van der Waals surface area contributed by atoms with Crippen molar-refractivity contribution in [2.24, 2.45) is 7.05 Å². The number of thioether (sulfide) groups is 1. The van der Waals surface area contributed by atoms with Crippen molar-refractivity contribution in [1.82, 2.24) is 23.5 Å². The fourth-order valence-electron chi connectivity index (χ4n) is 3.33. The highest BCUT2D eigenvalue weighted by Gasteiger charge is 2.14. The number of aromatic nitrogens is 5. The van der Waals surface area contributed by atoms with Crippen LogP contribution < -0.4 is 10.2 Å². The molecule has 2 aromatic heterocycles. The summed E-state index contributed by atoms with van der Waals surface area (Å²) in [4.78, 5) is 14.8. The lowest BCUT2D eigenvalue weighted by Gasteiger charge is -2.21. The Morgan fingerprint density at radius 3 is 2.61 bits per heavy atom. The summed E-state index contributed by atoms with van der Waals surface area (Å²) >= 11 is 2.48. The molecule has 1 N–H and O–H groups in total. The highest BCUT2D eigenvalue weighted by molar-refractivity contribution is 7.99. The fourth-order valence-corrected chi connectivity index (χ4v) is 4.59. The molecule has 0 radical (unpaired) electrons. The molecule has 160 valence electrons. The molecule has 0 unspecified atom stereocenters. The van der Waals surface area contributed by atoms with Gasteiger partial charge in [-0.15, -0.1) is 10.2 Å². The molecule has 0 aliphatic rings. The van der Waals surface area contributed by atoms with Crippen molar-refractivity contribution in [3.63, 3.8) is 0 Å². The van der Waals surface area contributed by atoms with Crippen molar-refractivity contribution in [1.29, 1.82) is 0 Å². The van der Waals surface area contributed by atoms with E-state index in [1.807, 2.05) is 29.8 Å². The molecule has 1 amide bonds. The van der Waals surface area contributed by atoms with Gasteiger partial charge < -0.3 is 14.8 Å². The molecular formula is C21H23N7OS2. The Kier molecular flexibility index (Phi) is 6.47. The van der Waals surface area contributed by atoms with Crippen LogP contribution in [0.5, 0.6) is 0 Å². The maximum absolute atomic E-state index is 12.5. The van der Waals surface area contributed by atoms with Gasteiger partial charge in [0.05, 0.1) is 23.2 Å². The van der Waals surface area contributed by atoms with Crippen LogP contribution in [0.2, 0.25) is 0 Å². The second-order valence-electron chi connectivity index (χ2n) is 6.86. The first-order chi connectivity index (χ1) is 15.1. The van der Waals surface area contributed by atoms with Gasteiger partial charge in [-0.25, -0.2) is 0 Å². The second kappa shape index (κ2) is 9.44. The number of nitrogens with zero attached hydrogens (tertiary/aromatic N) is 6. The molecule has 10 heteroatoms. The van der Waals surface area contributed by atoms with Crippen LogP contribution in [0.3, 0.4) is 0 Å². The first-order valence-corrected chi connectivity index (χ1v) is 11.7. The lowest BCUT2D eigenvalue weighted by atomic mass is 10.2. The maximum Gasteiger partial charge on any atom is 0.234 e. The lowest BCUT2D eigenvalue weighted by molar-refractivity contribution is -0.113. The number of hydrogen-bond acceptors (Lipinski definition) is 8. The van der Waals surface area contributed by atoms with E-state index in [9.17, 15) is 4.79 Å². The minimum atomic E-state index is -0.126. The Hall–Kier alpha value is -2.98. The zero-order valence-electron chi connectivity index (χ0n) is 17.6. The van der Waals surface area contributed by atoms with Gasteiger partial charge in [0.15, 0.2) is 11.0 Å². The predicted octanol–water partition coefficient (Wildman–Crippen LogP) is 4.06. The third-order valence-electron chi connectivity index (χ3n) is 4.98. The van der Waals surface area contributed by atoms with Gasteiger partial charge in [0.2, 0.25) is 5.91 Å². The van der Waals surface area contributed by atoms with E-state index in [4.69, 9.17) is 0 Å². The minimum Gasteiger partial charge on any atom is -0.372 e. The molecular weight excluding hydrogens is 430 g/mol. The second-order valence-corrected chi connectivity index (χ2v) is 8.33. The van der Waals surface area contributed by atoms with Gasteiger partial charge in [0.25, 0.3) is 0 Å². The number of carbonyl (C=O) groups excluding carboxylic acids is 1. The van der Waals surface area contributed by atoms with Gasteiger partial charge in [-0.05, 0) is 50.2 Å². The number of carbonyl (C=O) groups is 1. The van der Waals surface area contributed by atoms with Gasteiger partial charge >= 0.3 is 0 Å². The lowest BCUT2D eigenvalue weighted by Crippen LogP contribution is -2.21. The van der Waals surface area contributed by atoms with E-state index in [0.29, 0.717) is 16.4 Å². The minimum absolute atomic E-state index is 0.126. The molecule has 31 heavy (non-hydrogen) atoms. The molecule has 0 fully saturated rings. The number of hydrogen-bond donors (Lipinski definition) is 1. The van der Waals surface area contributed by atoms with Gasteiger partial charge in [0.1, 0.15) is 11.0 Å². The first kappa shape index (κ1) is 21.3. The zero-order valence-corrected chi connectivity index (χ0v) is 19.2. The Morgan fingerprint density at radius 1 is 1.10 bits per heavy atom. The van der Waals surface area contributed by atoms with Gasteiger partial charge in [0, 0.05) is 31.4 Å². The Morgan fingerprint density at radius 2 is 1.87 bits per heavy atom. The summed E-state index contributed by atoms with van der Waals surface area (Å²) in [6, 6.07) is 13.9. The van der Waals surface area contributed by atoms with E-state index in [-0.39, 0.29) is 11.7 Å². The van der Waals surface area contributed by atoms with Gasteiger partial charge in [-0.1, -0.05) is 17.8 Å². The quantitative estimate of drug-likeness (QED) is 0.402. The fraction of sp³-hybridized carbons (Fsp3) is 0.286. The molecule has 0 spiro atoms. The van der Waals surface area contributed by atoms with Crippen molar-refractivity contribution < 1.29 is 4.79 Å². The summed E-state index contributed by atoms with van der Waals surface area (Å²) in [5, 5.41) is 12.2. The Balaban J connectivity index is 1.41. The summed E-state index contributed by atoms with van der Waals surface area (Å²) in [5.74, 6) is 0.867. The number of amides is 1. The largest absolute Gasteiger partial charge is 0.372 e. The Bertz CT molecular complexity index is 1180. The molecule has 2 heterocycles. The summed E-state index contributed by atoms with van der Waals surface area (Å²) in [6.07, 6.45) is 0. The van der Waals surface area contributed by atoms with Crippen LogP contribution in [0, 0.1) is 0 Å². The summed E-state index contributed by atoms with van der Waals surface area (Å²) in [7, 11) is 1.91. The normalized spacial score (nSPS) is 11.1. The molecule has 0 aliphatic heterocycles.